The second-order valence-electron chi connectivity index (χ2n) is 6.46. The Kier molecular flexibility index (Phi) is 8.79. The molecule has 0 aromatic heterocycles. The van der Waals surface area contributed by atoms with Crippen LogP contribution in [0.5, 0.6) is 5.75 Å². The highest BCUT2D eigenvalue weighted by Gasteiger charge is 2.33. The highest BCUT2D eigenvalue weighted by Crippen LogP contribution is 2.22. The molecule has 0 aliphatic heterocycles. The fourth-order valence-electron chi connectivity index (χ4n) is 2.30. The third-order valence-electron chi connectivity index (χ3n) is 3.75. The van der Waals surface area contributed by atoms with E-state index in [1.54, 1.807) is 0 Å². The van der Waals surface area contributed by atoms with Crippen molar-refractivity contribution in [2.24, 2.45) is 0 Å². The minimum Gasteiger partial charge on any atom is -0.492 e. The lowest BCUT2D eigenvalue weighted by molar-refractivity contribution is -0.140. The topological polar surface area (TPSA) is 50.8 Å². The maximum atomic E-state index is 12.6. The van der Waals surface area contributed by atoms with Crippen molar-refractivity contribution in [2.45, 2.75) is 45.6 Å². The zero-order valence-electron chi connectivity index (χ0n) is 15.7. The van der Waals surface area contributed by atoms with Crippen molar-refractivity contribution < 1.29 is 14.3 Å². The van der Waals surface area contributed by atoms with Gasteiger partial charge in [-0.15, -0.1) is 0 Å². The third-order valence-corrected chi connectivity index (χ3v) is 3.75. The Balaban J connectivity index is 2.61. The van der Waals surface area contributed by atoms with Gasteiger partial charge in [-0.1, -0.05) is 20.3 Å². The quantitative estimate of drug-likeness (QED) is 0.671. The number of nitrogens with one attached hydrogen (secondary N) is 1. The molecule has 0 saturated heterocycles. The molecular weight excluding hydrogens is 304 g/mol. The number of hydrogen-bond acceptors (Lipinski definition) is 4. The maximum Gasteiger partial charge on any atom is 0.256 e. The van der Waals surface area contributed by atoms with Crippen LogP contribution in [0.25, 0.3) is 0 Å². The van der Waals surface area contributed by atoms with E-state index in [0.29, 0.717) is 19.6 Å². The third kappa shape index (κ3) is 6.89. The summed E-state index contributed by atoms with van der Waals surface area (Å²) < 4.78 is 11.5. The Hall–Kier alpha value is -1.59. The Bertz CT molecular complexity index is 488. The minimum atomic E-state index is -0.786. The van der Waals surface area contributed by atoms with E-state index >= 15 is 0 Å². The lowest BCUT2D eigenvalue weighted by atomic mass is 9.99. The molecule has 0 aliphatic carbocycles. The Morgan fingerprint density at radius 2 is 1.79 bits per heavy atom. The predicted octanol–water partition coefficient (Wildman–Crippen LogP) is 3.55. The summed E-state index contributed by atoms with van der Waals surface area (Å²) in [4.78, 5) is 14.7. The molecule has 0 aliphatic rings. The summed E-state index contributed by atoms with van der Waals surface area (Å²) >= 11 is 0. The van der Waals surface area contributed by atoms with Gasteiger partial charge in [0.25, 0.3) is 5.91 Å². The summed E-state index contributed by atoms with van der Waals surface area (Å²) in [5.74, 6) is 0.701. The van der Waals surface area contributed by atoms with Gasteiger partial charge in [0.1, 0.15) is 18.0 Å². The molecule has 1 aromatic carbocycles. The number of hydrogen-bond donors (Lipinski definition) is 1. The minimum absolute atomic E-state index is 0.0981. The molecule has 1 rings (SSSR count). The molecule has 1 amide bonds. The molecule has 1 aromatic rings. The van der Waals surface area contributed by atoms with Crippen molar-refractivity contribution in [2.75, 3.05) is 39.2 Å². The summed E-state index contributed by atoms with van der Waals surface area (Å²) in [6.45, 7) is 8.05. The number of likely N-dealkylation sites (N-methyl/N-ethyl adjacent to an activating group) is 1. The van der Waals surface area contributed by atoms with E-state index in [1.807, 2.05) is 52.2 Å². The van der Waals surface area contributed by atoms with Gasteiger partial charge >= 0.3 is 0 Å². The Labute approximate surface area is 146 Å². The molecule has 0 heterocycles. The van der Waals surface area contributed by atoms with Crippen LogP contribution in [-0.4, -0.2) is 50.3 Å². The number of rotatable bonds is 11. The van der Waals surface area contributed by atoms with Crippen molar-refractivity contribution in [3.05, 3.63) is 24.3 Å². The van der Waals surface area contributed by atoms with Gasteiger partial charge in [-0.25, -0.2) is 0 Å². The summed E-state index contributed by atoms with van der Waals surface area (Å²) in [7, 11) is 4.02. The van der Waals surface area contributed by atoms with Gasteiger partial charge < -0.3 is 19.7 Å². The average molecular weight is 336 g/mol. The number of nitrogens with zero attached hydrogens (tertiary/aromatic N) is 1. The van der Waals surface area contributed by atoms with Crippen molar-refractivity contribution >= 4 is 11.6 Å². The lowest BCUT2D eigenvalue weighted by Crippen LogP contribution is -2.43. The molecular formula is C19H32N2O3. The normalized spacial score (nSPS) is 13.6. The summed E-state index contributed by atoms with van der Waals surface area (Å²) in [6.07, 6.45) is 2.49. The molecule has 5 nitrogen and oxygen atoms in total. The first kappa shape index (κ1) is 20.5. The number of anilines is 1. The van der Waals surface area contributed by atoms with Crippen molar-refractivity contribution in [1.82, 2.24) is 4.90 Å². The molecule has 0 unspecified atom stereocenters. The lowest BCUT2D eigenvalue weighted by Gasteiger charge is -2.28. The molecule has 0 fully saturated rings. The molecule has 0 radical (unpaired) electrons. The Morgan fingerprint density at radius 3 is 2.33 bits per heavy atom. The second-order valence-corrected chi connectivity index (χ2v) is 6.46. The SMILES string of the molecule is CCCO[C@@](C)(CCC)C(=O)Nc1ccc(OCCN(C)C)cc1. The molecule has 1 N–H and O–H groups in total. The second kappa shape index (κ2) is 10.3. The van der Waals surface area contributed by atoms with Crippen LogP contribution >= 0.6 is 0 Å². The van der Waals surface area contributed by atoms with E-state index in [0.717, 1.165) is 30.8 Å². The van der Waals surface area contributed by atoms with E-state index in [9.17, 15) is 4.79 Å². The van der Waals surface area contributed by atoms with E-state index < -0.39 is 5.60 Å². The largest absolute Gasteiger partial charge is 0.492 e. The van der Waals surface area contributed by atoms with Crippen LogP contribution in [0.3, 0.4) is 0 Å². The van der Waals surface area contributed by atoms with E-state index in [4.69, 9.17) is 9.47 Å². The summed E-state index contributed by atoms with van der Waals surface area (Å²) in [5.41, 5.74) is -0.0339. The van der Waals surface area contributed by atoms with Crippen LogP contribution in [0, 0.1) is 0 Å². The van der Waals surface area contributed by atoms with Gasteiger partial charge in [-0.2, -0.15) is 0 Å². The predicted molar refractivity (Wildman–Crippen MR) is 98.7 cm³/mol. The number of amides is 1. The van der Waals surface area contributed by atoms with Gasteiger partial charge in [0.05, 0.1) is 0 Å². The number of ether oxygens (including phenoxy) is 2. The monoisotopic (exact) mass is 336 g/mol. The molecule has 0 saturated carbocycles. The van der Waals surface area contributed by atoms with Gasteiger partial charge in [0.15, 0.2) is 0 Å². The van der Waals surface area contributed by atoms with E-state index in [-0.39, 0.29) is 5.91 Å². The van der Waals surface area contributed by atoms with Crippen molar-refractivity contribution in [1.29, 1.82) is 0 Å². The number of benzene rings is 1. The zero-order valence-corrected chi connectivity index (χ0v) is 15.7. The molecule has 136 valence electrons. The molecule has 0 spiro atoms. The molecule has 5 heteroatoms. The number of carbonyl (C=O) groups is 1. The summed E-state index contributed by atoms with van der Waals surface area (Å²) in [5, 5.41) is 2.95. The first-order valence-corrected chi connectivity index (χ1v) is 8.74. The van der Waals surface area contributed by atoms with Gasteiger partial charge in [-0.05, 0) is 58.1 Å². The highest BCUT2D eigenvalue weighted by atomic mass is 16.5. The first-order chi connectivity index (χ1) is 11.4. The van der Waals surface area contributed by atoms with Gasteiger partial charge in [0, 0.05) is 18.8 Å². The molecule has 24 heavy (non-hydrogen) atoms. The van der Waals surface area contributed by atoms with Crippen molar-refractivity contribution in [3.8, 4) is 5.75 Å². The smallest absolute Gasteiger partial charge is 0.256 e. The van der Waals surface area contributed by atoms with Crippen LogP contribution in [0.1, 0.15) is 40.0 Å². The van der Waals surface area contributed by atoms with Crippen LogP contribution in [0.2, 0.25) is 0 Å². The van der Waals surface area contributed by atoms with Crippen molar-refractivity contribution in [3.63, 3.8) is 0 Å². The Morgan fingerprint density at radius 1 is 1.12 bits per heavy atom. The van der Waals surface area contributed by atoms with E-state index in [1.165, 1.54) is 0 Å². The van der Waals surface area contributed by atoms with Crippen LogP contribution in [0.15, 0.2) is 24.3 Å². The average Bonchev–Trinajstić information content (AvgIpc) is 2.54. The van der Waals surface area contributed by atoms with Gasteiger partial charge in [-0.3, -0.25) is 4.79 Å². The molecule has 1 atom stereocenters. The summed E-state index contributed by atoms with van der Waals surface area (Å²) in [6, 6.07) is 7.45. The fourth-order valence-corrected chi connectivity index (χ4v) is 2.30. The first-order valence-electron chi connectivity index (χ1n) is 8.74. The van der Waals surface area contributed by atoms with Crippen LogP contribution in [-0.2, 0) is 9.53 Å². The van der Waals surface area contributed by atoms with Gasteiger partial charge in [0.2, 0.25) is 0 Å². The number of carbonyl (C=O) groups excluding carboxylic acids is 1. The fraction of sp³-hybridized carbons (Fsp3) is 0.632. The van der Waals surface area contributed by atoms with Crippen LogP contribution < -0.4 is 10.1 Å². The maximum absolute atomic E-state index is 12.6. The highest BCUT2D eigenvalue weighted by molar-refractivity contribution is 5.97. The van der Waals surface area contributed by atoms with E-state index in [2.05, 4.69) is 17.1 Å². The van der Waals surface area contributed by atoms with Crippen LogP contribution in [0.4, 0.5) is 5.69 Å². The standard InChI is InChI=1S/C19H32N2O3/c1-6-12-19(3,24-14-7-2)18(22)20-16-8-10-17(11-9-16)23-15-13-21(4)5/h8-11H,6-7,12-15H2,1-5H3,(H,20,22)/t19-/m0/s1. The zero-order chi connectivity index (χ0) is 18.0. The molecule has 0 bridgehead atoms.